The van der Waals surface area contributed by atoms with Crippen LogP contribution in [0.1, 0.15) is 24.1 Å². The van der Waals surface area contributed by atoms with Crippen molar-refractivity contribution in [2.45, 2.75) is 25.7 Å². The number of aromatic nitrogens is 2. The molecule has 1 aliphatic rings. The Morgan fingerprint density at radius 1 is 1.25 bits per heavy atom. The summed E-state index contributed by atoms with van der Waals surface area (Å²) in [6.07, 6.45) is 5.90. The lowest BCUT2D eigenvalue weighted by atomic mass is 9.97. The fourth-order valence-corrected chi connectivity index (χ4v) is 1.59. The molecule has 0 bridgehead atoms. The van der Waals surface area contributed by atoms with Crippen LogP contribution in [0.4, 0.5) is 0 Å². The molecule has 1 aromatic rings. The highest BCUT2D eigenvalue weighted by molar-refractivity contribution is 5.31. The van der Waals surface area contributed by atoms with Gasteiger partial charge in [0.1, 0.15) is 6.33 Å². The molecule has 4 heteroatoms. The Labute approximate surface area is 70.7 Å². The molecule has 2 N–H and O–H groups in total. The van der Waals surface area contributed by atoms with Crippen LogP contribution in [0.5, 0.6) is 5.88 Å². The van der Waals surface area contributed by atoms with Crippen molar-refractivity contribution in [1.29, 1.82) is 0 Å². The van der Waals surface area contributed by atoms with E-state index in [-0.39, 0.29) is 0 Å². The van der Waals surface area contributed by atoms with Crippen molar-refractivity contribution in [3.8, 4) is 5.88 Å². The van der Waals surface area contributed by atoms with Crippen LogP contribution in [0, 0.1) is 0 Å². The number of nitrogens with two attached hydrogens (primary N) is 1. The number of hydrogen-bond acceptors (Lipinski definition) is 4. The third-order valence-corrected chi connectivity index (χ3v) is 2.20. The normalized spacial score (nSPS) is 15.4. The van der Waals surface area contributed by atoms with Crippen LogP contribution in [0.25, 0.3) is 0 Å². The maximum Gasteiger partial charge on any atom is 0.243 e. The average Bonchev–Trinajstić information content (AvgIpc) is 2.17. The quantitative estimate of drug-likeness (QED) is 0.619. The van der Waals surface area contributed by atoms with Gasteiger partial charge in [-0.25, -0.2) is 4.98 Å². The van der Waals surface area contributed by atoms with E-state index in [1.165, 1.54) is 19.2 Å². The van der Waals surface area contributed by atoms with E-state index in [0.29, 0.717) is 5.88 Å². The Morgan fingerprint density at radius 2 is 2.08 bits per heavy atom. The molecule has 0 unspecified atom stereocenters. The van der Waals surface area contributed by atoms with Crippen molar-refractivity contribution in [3.63, 3.8) is 0 Å². The molecule has 0 radical (unpaired) electrons. The van der Waals surface area contributed by atoms with E-state index < -0.39 is 0 Å². The summed E-state index contributed by atoms with van der Waals surface area (Å²) in [4.78, 5) is 12.8. The van der Waals surface area contributed by atoms with Crippen molar-refractivity contribution in [1.82, 2.24) is 9.97 Å². The first-order chi connectivity index (χ1) is 5.92. The summed E-state index contributed by atoms with van der Waals surface area (Å²) in [5.41, 5.74) is 2.18. The second-order valence-electron chi connectivity index (χ2n) is 2.93. The molecule has 1 heterocycles. The summed E-state index contributed by atoms with van der Waals surface area (Å²) in [7, 11) is 0. The first kappa shape index (κ1) is 7.49. The van der Waals surface area contributed by atoms with E-state index in [4.69, 9.17) is 5.90 Å². The SMILES string of the molecule is NOc1ncnc2c1CCCC2. The van der Waals surface area contributed by atoms with Gasteiger partial charge >= 0.3 is 0 Å². The zero-order chi connectivity index (χ0) is 8.39. The van der Waals surface area contributed by atoms with Crippen molar-refractivity contribution < 1.29 is 4.84 Å². The zero-order valence-corrected chi connectivity index (χ0v) is 6.79. The van der Waals surface area contributed by atoms with Crippen LogP contribution in [-0.2, 0) is 12.8 Å². The highest BCUT2D eigenvalue weighted by Gasteiger charge is 2.15. The minimum atomic E-state index is 0.541. The largest absolute Gasteiger partial charge is 0.391 e. The smallest absolute Gasteiger partial charge is 0.243 e. The number of nitrogens with zero attached hydrogens (tertiary/aromatic N) is 2. The van der Waals surface area contributed by atoms with Gasteiger partial charge in [-0.2, -0.15) is 10.9 Å². The van der Waals surface area contributed by atoms with E-state index in [2.05, 4.69) is 14.8 Å². The van der Waals surface area contributed by atoms with Gasteiger partial charge in [-0.15, -0.1) is 0 Å². The van der Waals surface area contributed by atoms with Crippen molar-refractivity contribution in [2.75, 3.05) is 0 Å². The fourth-order valence-electron chi connectivity index (χ4n) is 1.59. The van der Waals surface area contributed by atoms with Crippen LogP contribution in [0.15, 0.2) is 6.33 Å². The summed E-state index contributed by atoms with van der Waals surface area (Å²) in [6, 6.07) is 0. The van der Waals surface area contributed by atoms with Crippen molar-refractivity contribution in [3.05, 3.63) is 17.6 Å². The molecule has 0 aromatic carbocycles. The Morgan fingerprint density at radius 3 is 2.92 bits per heavy atom. The maximum absolute atomic E-state index is 5.08. The van der Waals surface area contributed by atoms with Crippen molar-refractivity contribution >= 4 is 0 Å². The van der Waals surface area contributed by atoms with Gasteiger partial charge in [0.15, 0.2) is 0 Å². The van der Waals surface area contributed by atoms with Crippen LogP contribution in [0.2, 0.25) is 0 Å². The summed E-state index contributed by atoms with van der Waals surface area (Å²) in [5, 5.41) is 0. The predicted molar refractivity (Wildman–Crippen MR) is 43.5 cm³/mol. The molecule has 2 rings (SSSR count). The maximum atomic E-state index is 5.08. The monoisotopic (exact) mass is 165 g/mol. The number of hydrogen-bond donors (Lipinski definition) is 1. The van der Waals surface area contributed by atoms with Gasteiger partial charge < -0.3 is 4.84 Å². The molecule has 0 spiro atoms. The Bertz CT molecular complexity index is 273. The number of fused-ring (bicyclic) bond motifs is 1. The third kappa shape index (κ3) is 1.14. The lowest BCUT2D eigenvalue weighted by molar-refractivity contribution is 0.313. The van der Waals surface area contributed by atoms with E-state index in [0.717, 1.165) is 24.1 Å². The molecule has 0 saturated carbocycles. The first-order valence-electron chi connectivity index (χ1n) is 4.11. The molecular weight excluding hydrogens is 154 g/mol. The lowest BCUT2D eigenvalue weighted by Crippen LogP contribution is -2.12. The predicted octanol–water partition coefficient (Wildman–Crippen LogP) is 0.608. The molecule has 64 valence electrons. The molecule has 0 atom stereocenters. The van der Waals surface area contributed by atoms with E-state index >= 15 is 0 Å². The second-order valence-corrected chi connectivity index (χ2v) is 2.93. The van der Waals surface area contributed by atoms with Gasteiger partial charge in [-0.1, -0.05) is 0 Å². The molecular formula is C8H11N3O. The third-order valence-electron chi connectivity index (χ3n) is 2.20. The standard InChI is InChI=1S/C8H11N3O/c9-12-8-6-3-1-2-4-7(6)10-5-11-8/h5H,1-4,9H2. The Hall–Kier alpha value is -1.16. The molecule has 0 saturated heterocycles. The van der Waals surface area contributed by atoms with Crippen LogP contribution < -0.4 is 10.7 Å². The van der Waals surface area contributed by atoms with E-state index in [1.54, 1.807) is 0 Å². The van der Waals surface area contributed by atoms with Crippen LogP contribution >= 0.6 is 0 Å². The Kier molecular flexibility index (Phi) is 1.91. The van der Waals surface area contributed by atoms with Crippen molar-refractivity contribution in [2.24, 2.45) is 5.90 Å². The molecule has 1 aromatic heterocycles. The first-order valence-corrected chi connectivity index (χ1v) is 4.11. The molecule has 12 heavy (non-hydrogen) atoms. The molecule has 1 aliphatic carbocycles. The fraction of sp³-hybridized carbons (Fsp3) is 0.500. The molecule has 0 aliphatic heterocycles. The average molecular weight is 165 g/mol. The minimum Gasteiger partial charge on any atom is -0.391 e. The summed E-state index contributed by atoms with van der Waals surface area (Å²) >= 11 is 0. The molecule has 0 amide bonds. The zero-order valence-electron chi connectivity index (χ0n) is 6.79. The minimum absolute atomic E-state index is 0.541. The van der Waals surface area contributed by atoms with Gasteiger partial charge in [0.25, 0.3) is 0 Å². The van der Waals surface area contributed by atoms with Gasteiger partial charge in [-0.3, -0.25) is 0 Å². The highest BCUT2D eigenvalue weighted by Crippen LogP contribution is 2.24. The molecule has 4 nitrogen and oxygen atoms in total. The van der Waals surface area contributed by atoms with Crippen LogP contribution in [0.3, 0.4) is 0 Å². The molecule has 0 fully saturated rings. The second kappa shape index (κ2) is 3.06. The van der Waals surface area contributed by atoms with Gasteiger partial charge in [0, 0.05) is 5.56 Å². The van der Waals surface area contributed by atoms with E-state index in [9.17, 15) is 0 Å². The highest BCUT2D eigenvalue weighted by atomic mass is 16.6. The number of rotatable bonds is 1. The lowest BCUT2D eigenvalue weighted by Gasteiger charge is -2.15. The van der Waals surface area contributed by atoms with Gasteiger partial charge in [0.05, 0.1) is 5.69 Å². The summed E-state index contributed by atoms with van der Waals surface area (Å²) in [5.74, 6) is 5.63. The van der Waals surface area contributed by atoms with Gasteiger partial charge in [0.2, 0.25) is 5.88 Å². The number of aryl methyl sites for hydroxylation is 1. The van der Waals surface area contributed by atoms with Crippen LogP contribution in [-0.4, -0.2) is 9.97 Å². The summed E-state index contributed by atoms with van der Waals surface area (Å²) in [6.45, 7) is 0. The topological polar surface area (TPSA) is 61.0 Å². The Balaban J connectivity index is 2.44. The van der Waals surface area contributed by atoms with Gasteiger partial charge in [-0.05, 0) is 25.7 Å². The summed E-state index contributed by atoms with van der Waals surface area (Å²) < 4.78 is 0. The van der Waals surface area contributed by atoms with E-state index in [1.807, 2.05) is 0 Å².